The van der Waals surface area contributed by atoms with E-state index in [-0.39, 0.29) is 21.1 Å². The maximum absolute atomic E-state index is 13.4. The highest BCUT2D eigenvalue weighted by Crippen LogP contribution is 2.35. The van der Waals surface area contributed by atoms with Crippen LogP contribution in [0.1, 0.15) is 0 Å². The van der Waals surface area contributed by atoms with Crippen molar-refractivity contribution in [1.82, 2.24) is 14.5 Å². The predicted octanol–water partition coefficient (Wildman–Crippen LogP) is 3.30. The van der Waals surface area contributed by atoms with Gasteiger partial charge in [0.15, 0.2) is 5.65 Å². The number of ether oxygens (including phenoxy) is 1. The average Bonchev–Trinajstić information content (AvgIpc) is 2.95. The van der Waals surface area contributed by atoms with Crippen molar-refractivity contribution in [2.45, 2.75) is 16.3 Å². The van der Waals surface area contributed by atoms with Gasteiger partial charge in [-0.3, -0.25) is 0 Å². The van der Waals surface area contributed by atoms with E-state index in [1.54, 1.807) is 29.9 Å². The van der Waals surface area contributed by atoms with E-state index in [1.807, 2.05) is 18.2 Å². The van der Waals surface area contributed by atoms with Gasteiger partial charge in [0.05, 0.1) is 22.5 Å². The van der Waals surface area contributed by atoms with Crippen molar-refractivity contribution in [3.63, 3.8) is 0 Å². The third-order valence-electron chi connectivity index (χ3n) is 4.44. The zero-order chi connectivity index (χ0) is 19.9. The lowest BCUT2D eigenvalue weighted by Crippen LogP contribution is -2.10. The Hall–Kier alpha value is -2.68. The van der Waals surface area contributed by atoms with Crippen molar-refractivity contribution < 1.29 is 13.2 Å². The molecule has 0 aliphatic heterocycles. The Kier molecular flexibility index (Phi) is 4.70. The Bertz CT molecular complexity index is 1300. The molecule has 0 unspecified atom stereocenters. The summed E-state index contributed by atoms with van der Waals surface area (Å²) in [6.07, 6.45) is 0. The van der Waals surface area contributed by atoms with Gasteiger partial charge in [0, 0.05) is 18.7 Å². The smallest absolute Gasteiger partial charge is 0.212 e. The fourth-order valence-corrected chi connectivity index (χ4v) is 4.92. The van der Waals surface area contributed by atoms with Crippen LogP contribution in [0, 0.1) is 0 Å². The number of nitrogens with zero attached hydrogens (tertiary/aromatic N) is 3. The minimum absolute atomic E-state index is 0.0486. The standard InChI is InChI=1S/C19H17ClN4O3S/c1-27-10-9-24-18(21)17(28(25,26)13-6-4-5-12(20)11-13)16-19(24)23-15-8-3-2-7-14(15)22-16/h2-8,11H,9-10,21H2,1H3. The first-order valence-electron chi connectivity index (χ1n) is 8.47. The molecule has 0 aliphatic rings. The molecule has 4 aromatic rings. The minimum atomic E-state index is -3.97. The number of hydrogen-bond acceptors (Lipinski definition) is 6. The van der Waals surface area contributed by atoms with E-state index in [9.17, 15) is 8.42 Å². The van der Waals surface area contributed by atoms with Gasteiger partial charge in [-0.2, -0.15) is 0 Å². The molecule has 0 saturated heterocycles. The van der Waals surface area contributed by atoms with Gasteiger partial charge in [-0.1, -0.05) is 29.8 Å². The SMILES string of the molecule is COCCn1c(N)c(S(=O)(=O)c2cccc(Cl)c2)c2nc3ccccc3nc21. The molecule has 0 radical (unpaired) electrons. The first kappa shape index (κ1) is 18.7. The van der Waals surface area contributed by atoms with Crippen LogP contribution >= 0.6 is 11.6 Å². The number of fused-ring (bicyclic) bond motifs is 2. The highest BCUT2D eigenvalue weighted by molar-refractivity contribution is 7.92. The summed E-state index contributed by atoms with van der Waals surface area (Å²) in [5.41, 5.74) is 8.16. The molecule has 4 rings (SSSR count). The normalized spacial score (nSPS) is 12.1. The summed E-state index contributed by atoms with van der Waals surface area (Å²) in [5, 5.41) is 0.319. The topological polar surface area (TPSA) is 100 Å². The predicted molar refractivity (Wildman–Crippen MR) is 108 cm³/mol. The van der Waals surface area contributed by atoms with Crippen molar-refractivity contribution in [1.29, 1.82) is 0 Å². The quantitative estimate of drug-likeness (QED) is 0.535. The number of methoxy groups -OCH3 is 1. The fourth-order valence-electron chi connectivity index (χ4n) is 3.12. The largest absolute Gasteiger partial charge is 0.384 e. The number of hydrogen-bond donors (Lipinski definition) is 1. The molecule has 0 fully saturated rings. The molecule has 9 heteroatoms. The first-order chi connectivity index (χ1) is 13.4. The third-order valence-corrected chi connectivity index (χ3v) is 6.49. The molecule has 0 atom stereocenters. The molecular weight excluding hydrogens is 400 g/mol. The van der Waals surface area contributed by atoms with Gasteiger partial charge in [-0.05, 0) is 30.3 Å². The van der Waals surface area contributed by atoms with Crippen LogP contribution < -0.4 is 5.73 Å². The van der Waals surface area contributed by atoms with Crippen molar-refractivity contribution >= 4 is 49.5 Å². The lowest BCUT2D eigenvalue weighted by Gasteiger charge is -2.07. The second-order valence-electron chi connectivity index (χ2n) is 6.20. The molecular formula is C19H17ClN4O3S. The summed E-state index contributed by atoms with van der Waals surface area (Å²) < 4.78 is 33.5. The van der Waals surface area contributed by atoms with E-state index in [0.717, 1.165) is 0 Å². The van der Waals surface area contributed by atoms with E-state index in [2.05, 4.69) is 9.97 Å². The molecule has 2 aromatic carbocycles. The third kappa shape index (κ3) is 2.99. The molecule has 2 heterocycles. The van der Waals surface area contributed by atoms with E-state index < -0.39 is 9.84 Å². The monoisotopic (exact) mass is 416 g/mol. The van der Waals surface area contributed by atoms with Crippen molar-refractivity contribution in [2.75, 3.05) is 19.5 Å². The van der Waals surface area contributed by atoms with Crippen LogP contribution in [0.15, 0.2) is 58.3 Å². The van der Waals surface area contributed by atoms with Gasteiger partial charge in [-0.25, -0.2) is 18.4 Å². The molecule has 0 amide bonds. The summed E-state index contributed by atoms with van der Waals surface area (Å²) >= 11 is 6.00. The molecule has 2 N–H and O–H groups in total. The lowest BCUT2D eigenvalue weighted by molar-refractivity contribution is 0.188. The minimum Gasteiger partial charge on any atom is -0.384 e. The molecule has 0 aliphatic carbocycles. The van der Waals surface area contributed by atoms with Crippen molar-refractivity contribution in [2.24, 2.45) is 0 Å². The number of rotatable bonds is 5. The molecule has 2 aromatic heterocycles. The molecule has 7 nitrogen and oxygen atoms in total. The molecule has 0 bridgehead atoms. The van der Waals surface area contributed by atoms with Gasteiger partial charge in [0.2, 0.25) is 9.84 Å². The number of aromatic nitrogens is 3. The summed E-state index contributed by atoms with van der Waals surface area (Å²) in [6.45, 7) is 0.691. The summed E-state index contributed by atoms with van der Waals surface area (Å²) in [4.78, 5) is 9.15. The van der Waals surface area contributed by atoms with Gasteiger partial charge in [-0.15, -0.1) is 0 Å². The summed E-state index contributed by atoms with van der Waals surface area (Å²) in [7, 11) is -2.40. The Balaban J connectivity index is 2.07. The number of benzene rings is 2. The zero-order valence-corrected chi connectivity index (χ0v) is 16.5. The second-order valence-corrected chi connectivity index (χ2v) is 8.53. The van der Waals surface area contributed by atoms with Gasteiger partial charge < -0.3 is 15.0 Å². The Labute approximate surface area is 166 Å². The number of halogens is 1. The Morgan fingerprint density at radius 1 is 1.11 bits per heavy atom. The molecule has 0 saturated carbocycles. The average molecular weight is 417 g/mol. The lowest BCUT2D eigenvalue weighted by atomic mass is 10.3. The molecule has 0 spiro atoms. The molecule has 144 valence electrons. The van der Waals surface area contributed by atoms with E-state index in [1.165, 1.54) is 12.1 Å². The number of para-hydroxylation sites is 2. The Morgan fingerprint density at radius 2 is 1.82 bits per heavy atom. The van der Waals surface area contributed by atoms with Gasteiger partial charge in [0.1, 0.15) is 16.2 Å². The van der Waals surface area contributed by atoms with E-state index >= 15 is 0 Å². The highest BCUT2D eigenvalue weighted by Gasteiger charge is 2.30. The Morgan fingerprint density at radius 3 is 2.50 bits per heavy atom. The summed E-state index contributed by atoms with van der Waals surface area (Å²) in [5.74, 6) is 0.0716. The highest BCUT2D eigenvalue weighted by atomic mass is 35.5. The molecule has 28 heavy (non-hydrogen) atoms. The van der Waals surface area contributed by atoms with Crippen molar-refractivity contribution in [3.05, 3.63) is 53.6 Å². The van der Waals surface area contributed by atoms with Crippen LogP contribution in [-0.4, -0.2) is 36.7 Å². The second kappa shape index (κ2) is 7.05. The maximum atomic E-state index is 13.4. The fraction of sp³-hybridized carbons (Fsp3) is 0.158. The van der Waals surface area contributed by atoms with Gasteiger partial charge >= 0.3 is 0 Å². The van der Waals surface area contributed by atoms with Crippen molar-refractivity contribution in [3.8, 4) is 0 Å². The van der Waals surface area contributed by atoms with Crippen LogP contribution in [0.2, 0.25) is 5.02 Å². The van der Waals surface area contributed by atoms with Crippen LogP contribution in [0.4, 0.5) is 5.82 Å². The van der Waals surface area contributed by atoms with E-state index in [0.29, 0.717) is 34.9 Å². The van der Waals surface area contributed by atoms with Crippen LogP contribution in [0.25, 0.3) is 22.2 Å². The number of anilines is 1. The van der Waals surface area contributed by atoms with Gasteiger partial charge in [0.25, 0.3) is 0 Å². The van der Waals surface area contributed by atoms with Crippen LogP contribution in [0.5, 0.6) is 0 Å². The maximum Gasteiger partial charge on any atom is 0.212 e. The summed E-state index contributed by atoms with van der Waals surface area (Å²) in [6, 6.07) is 13.3. The van der Waals surface area contributed by atoms with Crippen LogP contribution in [0.3, 0.4) is 0 Å². The number of sulfone groups is 1. The van der Waals surface area contributed by atoms with Crippen LogP contribution in [-0.2, 0) is 21.1 Å². The number of nitrogens with two attached hydrogens (primary N) is 1. The zero-order valence-electron chi connectivity index (χ0n) is 15.0. The first-order valence-corrected chi connectivity index (χ1v) is 10.3. The van der Waals surface area contributed by atoms with E-state index in [4.69, 9.17) is 22.1 Å². The number of nitrogen functional groups attached to an aromatic ring is 1.